The lowest BCUT2D eigenvalue weighted by molar-refractivity contribution is -0.340. The van der Waals surface area contributed by atoms with Crippen LogP contribution in [0.25, 0.3) is 0 Å². The Labute approximate surface area is 288 Å². The number of amides is 1. The molecule has 2 aliphatic rings. The molecule has 0 bridgehead atoms. The van der Waals surface area contributed by atoms with Crippen molar-refractivity contribution in [3.05, 3.63) is 35.9 Å². The van der Waals surface area contributed by atoms with Crippen LogP contribution in [0.4, 0.5) is 0 Å². The van der Waals surface area contributed by atoms with Gasteiger partial charge < -0.3 is 22.8 Å². The molecular formula is C34H62N2O7Si4. The van der Waals surface area contributed by atoms with Gasteiger partial charge in [0.05, 0.1) is 6.42 Å². The molecule has 1 aliphatic carbocycles. The third-order valence-electron chi connectivity index (χ3n) is 10.2. The zero-order chi connectivity index (χ0) is 36.2. The van der Waals surface area contributed by atoms with Crippen LogP contribution < -0.4 is 0 Å². The summed E-state index contributed by atoms with van der Waals surface area (Å²) in [5.41, 5.74) is -2.23. The van der Waals surface area contributed by atoms with Crippen molar-refractivity contribution in [1.29, 1.82) is 5.26 Å². The van der Waals surface area contributed by atoms with E-state index in [1.165, 1.54) is 5.06 Å². The molecule has 9 nitrogen and oxygen atoms in total. The van der Waals surface area contributed by atoms with Gasteiger partial charge in [-0.25, -0.2) is 5.06 Å². The monoisotopic (exact) mass is 722 g/mol. The number of nitriles is 1. The Balaban J connectivity index is 2.40. The van der Waals surface area contributed by atoms with E-state index in [-0.39, 0.29) is 29.0 Å². The molecule has 1 aromatic rings. The molecule has 1 amide bonds. The average Bonchev–Trinajstić information content (AvgIpc) is 2.88. The highest BCUT2D eigenvalue weighted by atomic mass is 28.4. The van der Waals surface area contributed by atoms with Crippen LogP contribution in [-0.4, -0.2) is 84.9 Å². The normalized spacial score (nSPS) is 29.5. The molecule has 13 heteroatoms. The quantitative estimate of drug-likeness (QED) is 0.184. The number of aliphatic hydroxyl groups is 1. The van der Waals surface area contributed by atoms with E-state index < -0.39 is 68.8 Å². The molecule has 47 heavy (non-hydrogen) atoms. The third-order valence-corrected chi connectivity index (χ3v) is 21.1. The van der Waals surface area contributed by atoms with Gasteiger partial charge in [-0.1, -0.05) is 71.9 Å². The molecule has 1 spiro atoms. The van der Waals surface area contributed by atoms with E-state index in [1.54, 1.807) is 0 Å². The number of carbonyl (C=O) groups excluding carboxylic acids is 1. The topological polar surface area (TPSA) is 110 Å². The first-order valence-electron chi connectivity index (χ1n) is 16.9. The Morgan fingerprint density at radius 1 is 0.809 bits per heavy atom. The van der Waals surface area contributed by atoms with Gasteiger partial charge in [0.25, 0.3) is 0 Å². The highest BCUT2D eigenvalue weighted by molar-refractivity contribution is 6.74. The predicted molar refractivity (Wildman–Crippen MR) is 197 cm³/mol. The first-order chi connectivity index (χ1) is 21.0. The maximum Gasteiger partial charge on any atom is 0.249 e. The van der Waals surface area contributed by atoms with E-state index in [0.717, 1.165) is 5.56 Å². The highest BCUT2D eigenvalue weighted by Gasteiger charge is 2.77. The van der Waals surface area contributed by atoms with Gasteiger partial charge in [-0.2, -0.15) is 5.26 Å². The summed E-state index contributed by atoms with van der Waals surface area (Å²) in [7, 11) is -10.3. The fourth-order valence-electron chi connectivity index (χ4n) is 5.79. The van der Waals surface area contributed by atoms with Crippen molar-refractivity contribution in [2.45, 2.75) is 166 Å². The first kappa shape index (κ1) is 40.2. The Hall–Kier alpha value is -1.19. The van der Waals surface area contributed by atoms with Gasteiger partial charge in [-0.3, -0.25) is 9.63 Å². The highest BCUT2D eigenvalue weighted by Crippen LogP contribution is 2.55. The Morgan fingerprint density at radius 2 is 1.30 bits per heavy atom. The Kier molecular flexibility index (Phi) is 11.3. The zero-order valence-corrected chi connectivity index (χ0v) is 35.9. The Morgan fingerprint density at radius 3 is 1.70 bits per heavy atom. The van der Waals surface area contributed by atoms with E-state index in [4.69, 9.17) is 22.5 Å². The fourth-order valence-corrected chi connectivity index (χ4v) is 10.8. The Bertz CT molecular complexity index is 1310. The van der Waals surface area contributed by atoms with E-state index >= 15 is 0 Å². The lowest BCUT2D eigenvalue weighted by atomic mass is 9.62. The van der Waals surface area contributed by atoms with Crippen LogP contribution in [0.3, 0.4) is 0 Å². The van der Waals surface area contributed by atoms with Crippen molar-refractivity contribution in [2.24, 2.45) is 0 Å². The van der Waals surface area contributed by atoms with Crippen LogP contribution >= 0.6 is 0 Å². The van der Waals surface area contributed by atoms with Gasteiger partial charge in [-0.05, 0) is 81.1 Å². The van der Waals surface area contributed by atoms with Crippen LogP contribution in [0, 0.1) is 11.3 Å². The van der Waals surface area contributed by atoms with Gasteiger partial charge in [0, 0.05) is 0 Å². The lowest BCUT2D eigenvalue weighted by Crippen LogP contribution is -2.88. The summed E-state index contributed by atoms with van der Waals surface area (Å²) in [6.07, 6.45) is -4.47. The molecule has 0 unspecified atom stereocenters. The summed E-state index contributed by atoms with van der Waals surface area (Å²) >= 11 is 0. The molecule has 6 atom stereocenters. The second-order valence-corrected chi connectivity index (χ2v) is 36.8. The number of nitrogens with zero attached hydrogens (tertiary/aromatic N) is 2. The maximum absolute atomic E-state index is 13.6. The molecule has 1 aliphatic heterocycles. The molecule has 1 saturated carbocycles. The van der Waals surface area contributed by atoms with Gasteiger partial charge in [0.1, 0.15) is 42.6 Å². The zero-order valence-electron chi connectivity index (χ0n) is 31.9. The number of hydrogen-bond acceptors (Lipinski definition) is 8. The van der Waals surface area contributed by atoms with Gasteiger partial charge in [0.2, 0.25) is 5.91 Å². The number of hydroxylamine groups is 2. The summed E-state index contributed by atoms with van der Waals surface area (Å²) < 4.78 is 28.6. The largest absolute Gasteiger partial charge is 0.409 e. The molecule has 266 valence electrons. The van der Waals surface area contributed by atoms with Crippen LogP contribution in [0.1, 0.15) is 53.5 Å². The molecule has 1 saturated heterocycles. The summed E-state index contributed by atoms with van der Waals surface area (Å²) in [5, 5.41) is 25.2. The van der Waals surface area contributed by atoms with Crippen molar-refractivity contribution < 1.29 is 32.4 Å². The van der Waals surface area contributed by atoms with Crippen molar-refractivity contribution in [1.82, 2.24) is 5.06 Å². The number of aliphatic hydroxyl groups excluding tert-OH is 1. The summed E-state index contributed by atoms with van der Waals surface area (Å²) in [6, 6.07) is 12.2. The number of β-lactam (4-membered cyclic amide) rings is 1. The number of hydrogen-bond donors (Lipinski definition) is 1. The standard InChI is InChI=1S/C34H62N2O7Si4/c1-31(2,3)46(13,14)41-28-27(38)33(22-26(37)36(33)39-23-25-20-18-17-19-21-25)29(40-44(7,8)9)30(42-47(15,16)32(4,5)6)34(28,24-35)43-45(10,11)12/h17-21,27-30,38H,22-23H2,1-16H3/t27-,28-,29-,30+,33-,34+/m1/s1. The minimum Gasteiger partial charge on any atom is -0.409 e. The molecule has 1 heterocycles. The predicted octanol–water partition coefficient (Wildman–Crippen LogP) is 7.58. The number of rotatable bonds is 11. The second-order valence-electron chi connectivity index (χ2n) is 18.4. The van der Waals surface area contributed by atoms with Crippen LogP contribution in [0.15, 0.2) is 30.3 Å². The fraction of sp³-hybridized carbons (Fsp3) is 0.765. The minimum atomic E-state index is -2.67. The van der Waals surface area contributed by atoms with Crippen LogP contribution in [0.5, 0.6) is 0 Å². The van der Waals surface area contributed by atoms with Crippen LogP contribution in [-0.2, 0) is 33.9 Å². The van der Waals surface area contributed by atoms with E-state index in [1.807, 2.05) is 50.0 Å². The number of benzene rings is 1. The third kappa shape index (κ3) is 8.08. The molecule has 1 aromatic carbocycles. The van der Waals surface area contributed by atoms with Gasteiger partial charge >= 0.3 is 0 Å². The van der Waals surface area contributed by atoms with E-state index in [9.17, 15) is 15.2 Å². The summed E-state index contributed by atoms with van der Waals surface area (Å²) in [6.45, 7) is 33.8. The van der Waals surface area contributed by atoms with Crippen molar-refractivity contribution in [3.63, 3.8) is 0 Å². The molecule has 0 aromatic heterocycles. The molecule has 1 N–H and O–H groups in total. The molecule has 2 fully saturated rings. The molecule has 0 radical (unpaired) electrons. The SMILES string of the molecule is CC(C)(C)[Si](C)(C)O[C@@H]1[C@@H](O)[C@]2(CC(=O)N2OCc2ccccc2)[C@H](O[Si](C)(C)C)[C@H](O[Si](C)(C)C(C)(C)C)[C@@]1(C#N)O[Si](C)(C)C. The van der Waals surface area contributed by atoms with Gasteiger partial charge in [0.15, 0.2) is 38.9 Å². The maximum atomic E-state index is 13.6. The minimum absolute atomic E-state index is 0.0404. The van der Waals surface area contributed by atoms with Crippen LogP contribution in [0.2, 0.25) is 75.5 Å². The molecule has 3 rings (SSSR count). The number of carbonyl (C=O) groups is 1. The lowest BCUT2D eigenvalue weighted by Gasteiger charge is -2.67. The van der Waals surface area contributed by atoms with E-state index in [2.05, 4.69) is 93.4 Å². The van der Waals surface area contributed by atoms with Gasteiger partial charge in [-0.15, -0.1) is 0 Å². The smallest absolute Gasteiger partial charge is 0.249 e. The average molecular weight is 723 g/mol. The van der Waals surface area contributed by atoms with E-state index in [0.29, 0.717) is 0 Å². The first-order valence-corrected chi connectivity index (χ1v) is 29.5. The van der Waals surface area contributed by atoms with Crippen molar-refractivity contribution >= 4 is 39.2 Å². The molecular weight excluding hydrogens is 661 g/mol. The summed E-state index contributed by atoms with van der Waals surface area (Å²) in [5.74, 6) is -0.267. The second kappa shape index (κ2) is 13.2. The van der Waals surface area contributed by atoms with Crippen molar-refractivity contribution in [3.8, 4) is 6.07 Å². The summed E-state index contributed by atoms with van der Waals surface area (Å²) in [4.78, 5) is 20.0. The van der Waals surface area contributed by atoms with Crippen molar-refractivity contribution in [2.75, 3.05) is 0 Å².